The van der Waals surface area contributed by atoms with Crippen molar-refractivity contribution in [2.24, 2.45) is 17.8 Å². The molecule has 0 heterocycles. The Morgan fingerprint density at radius 3 is 2.12 bits per heavy atom. The Balaban J connectivity index is 2.20. The Bertz CT molecular complexity index is 326. The fraction of sp³-hybridized carbons (Fsp3) is 1.00. The van der Waals surface area contributed by atoms with Crippen LogP contribution in [0.15, 0.2) is 0 Å². The number of nitrogens with zero attached hydrogens (tertiary/aromatic N) is 1. The highest BCUT2D eigenvalue weighted by atomic mass is 16.5. The van der Waals surface area contributed by atoms with Gasteiger partial charge in [-0.1, -0.05) is 72.6 Å². The van der Waals surface area contributed by atoms with E-state index >= 15 is 0 Å². The van der Waals surface area contributed by atoms with Gasteiger partial charge in [0.15, 0.2) is 6.73 Å². The molecule has 0 saturated heterocycles. The summed E-state index contributed by atoms with van der Waals surface area (Å²) < 4.78 is 7.51. The van der Waals surface area contributed by atoms with Crippen LogP contribution in [0.4, 0.5) is 0 Å². The van der Waals surface area contributed by atoms with Crippen molar-refractivity contribution >= 4 is 0 Å². The summed E-state index contributed by atoms with van der Waals surface area (Å²) in [5, 5.41) is 0. The molecule has 1 fully saturated rings. The van der Waals surface area contributed by atoms with Gasteiger partial charge in [-0.15, -0.1) is 0 Å². The maximum Gasteiger partial charge on any atom is 0.183 e. The smallest absolute Gasteiger partial charge is 0.183 e. The maximum atomic E-state index is 6.49. The zero-order valence-electron chi connectivity index (χ0n) is 18.4. The Kier molecular flexibility index (Phi) is 11.3. The zero-order chi connectivity index (χ0) is 18.7. The molecule has 2 nitrogen and oxygen atoms in total. The van der Waals surface area contributed by atoms with E-state index in [1.165, 1.54) is 77.2 Å². The lowest BCUT2D eigenvalue weighted by atomic mass is 9.75. The first-order valence-corrected chi connectivity index (χ1v) is 11.3. The number of quaternary nitrogens is 1. The van der Waals surface area contributed by atoms with Gasteiger partial charge in [0, 0.05) is 0 Å². The Labute approximate surface area is 159 Å². The average Bonchev–Trinajstić information content (AvgIpc) is 2.55. The van der Waals surface area contributed by atoms with Crippen LogP contribution in [-0.4, -0.2) is 38.0 Å². The number of hydrogen-bond donors (Lipinski definition) is 0. The van der Waals surface area contributed by atoms with Crippen molar-refractivity contribution in [3.63, 3.8) is 0 Å². The zero-order valence-corrected chi connectivity index (χ0v) is 18.4. The van der Waals surface area contributed by atoms with Gasteiger partial charge in [-0.25, -0.2) is 0 Å². The second-order valence-electron chi connectivity index (χ2n) is 9.79. The molecule has 0 radical (unpaired) electrons. The molecule has 25 heavy (non-hydrogen) atoms. The molecule has 0 unspecified atom stereocenters. The average molecular weight is 355 g/mol. The lowest BCUT2D eigenvalue weighted by Gasteiger charge is -2.39. The largest absolute Gasteiger partial charge is 0.328 e. The lowest BCUT2D eigenvalue weighted by Crippen LogP contribution is -2.45. The van der Waals surface area contributed by atoms with Gasteiger partial charge < -0.3 is 9.22 Å². The van der Waals surface area contributed by atoms with Crippen molar-refractivity contribution in [2.75, 3.05) is 27.4 Å². The van der Waals surface area contributed by atoms with Crippen LogP contribution < -0.4 is 0 Å². The number of unbranched alkanes of at least 4 members (excludes halogenated alkanes) is 7. The van der Waals surface area contributed by atoms with Gasteiger partial charge in [0.05, 0.1) is 26.7 Å². The Hall–Kier alpha value is -0.0800. The highest BCUT2D eigenvalue weighted by Crippen LogP contribution is 2.35. The molecule has 1 aliphatic carbocycles. The van der Waals surface area contributed by atoms with Crippen LogP contribution in [0.3, 0.4) is 0 Å². The van der Waals surface area contributed by atoms with Crippen LogP contribution in [0, 0.1) is 17.8 Å². The third-order valence-electron chi connectivity index (χ3n) is 6.22. The molecule has 1 rings (SSSR count). The van der Waals surface area contributed by atoms with Gasteiger partial charge in [-0.2, -0.15) is 0 Å². The third kappa shape index (κ3) is 9.99. The van der Waals surface area contributed by atoms with Crippen LogP contribution in [0.25, 0.3) is 0 Å². The van der Waals surface area contributed by atoms with Crippen molar-refractivity contribution in [1.29, 1.82) is 0 Å². The van der Waals surface area contributed by atoms with E-state index in [1.54, 1.807) is 0 Å². The van der Waals surface area contributed by atoms with E-state index in [4.69, 9.17) is 4.74 Å². The molecule has 0 aromatic heterocycles. The second-order valence-corrected chi connectivity index (χ2v) is 9.79. The number of ether oxygens (including phenoxy) is 1. The topological polar surface area (TPSA) is 9.23 Å². The second kappa shape index (κ2) is 12.3. The SMILES string of the molecule is CCCCCCCCCC[N+](C)(C)CO[C@@H]1C[C@H](C)CC[C@H]1C(C)C. The highest BCUT2D eigenvalue weighted by Gasteiger charge is 2.32. The van der Waals surface area contributed by atoms with E-state index < -0.39 is 0 Å². The third-order valence-corrected chi connectivity index (χ3v) is 6.22. The van der Waals surface area contributed by atoms with Gasteiger partial charge in [-0.05, 0) is 43.4 Å². The predicted molar refractivity (Wildman–Crippen MR) is 111 cm³/mol. The molecular weight excluding hydrogens is 306 g/mol. The van der Waals surface area contributed by atoms with Crippen LogP contribution in [-0.2, 0) is 4.74 Å². The summed E-state index contributed by atoms with van der Waals surface area (Å²) in [6.07, 6.45) is 15.7. The minimum absolute atomic E-state index is 0.486. The Morgan fingerprint density at radius 1 is 0.920 bits per heavy atom. The molecule has 0 bridgehead atoms. The molecule has 2 heteroatoms. The van der Waals surface area contributed by atoms with E-state index in [0.717, 1.165) is 29.0 Å². The number of hydrogen-bond acceptors (Lipinski definition) is 1. The van der Waals surface area contributed by atoms with Crippen molar-refractivity contribution in [3.05, 3.63) is 0 Å². The first-order valence-electron chi connectivity index (χ1n) is 11.3. The summed E-state index contributed by atoms with van der Waals surface area (Å²) in [5.74, 6) is 2.35. The molecule has 1 aliphatic rings. The van der Waals surface area contributed by atoms with Crippen LogP contribution >= 0.6 is 0 Å². The monoisotopic (exact) mass is 354 g/mol. The van der Waals surface area contributed by atoms with Crippen molar-refractivity contribution in [1.82, 2.24) is 0 Å². The molecule has 0 aromatic rings. The minimum atomic E-state index is 0.486. The van der Waals surface area contributed by atoms with Crippen molar-refractivity contribution in [3.8, 4) is 0 Å². The first-order chi connectivity index (χ1) is 11.9. The molecule has 0 aromatic carbocycles. The fourth-order valence-electron chi connectivity index (χ4n) is 4.34. The van der Waals surface area contributed by atoms with Crippen LogP contribution in [0.2, 0.25) is 0 Å². The van der Waals surface area contributed by atoms with Gasteiger partial charge >= 0.3 is 0 Å². The molecule has 0 N–H and O–H groups in total. The summed E-state index contributed by atoms with van der Waals surface area (Å²) in [4.78, 5) is 0. The highest BCUT2D eigenvalue weighted by molar-refractivity contribution is 4.81. The van der Waals surface area contributed by atoms with Crippen molar-refractivity contribution in [2.45, 2.75) is 104 Å². The van der Waals surface area contributed by atoms with E-state index in [2.05, 4.69) is 41.8 Å². The standard InChI is InChI=1S/C23H48NO/c1-7-8-9-10-11-12-13-14-17-24(5,6)19-25-23-18-21(4)15-16-22(23)20(2)3/h20-23H,7-19H2,1-6H3/q+1/t21-,22+,23-/m1/s1. The Morgan fingerprint density at radius 2 is 1.52 bits per heavy atom. The summed E-state index contributed by atoms with van der Waals surface area (Å²) in [5.41, 5.74) is 0. The molecule has 3 atom stereocenters. The first kappa shape index (κ1) is 23.0. The van der Waals surface area contributed by atoms with E-state index in [9.17, 15) is 0 Å². The summed E-state index contributed by atoms with van der Waals surface area (Å²) in [6, 6.07) is 0. The lowest BCUT2D eigenvalue weighted by molar-refractivity contribution is -0.911. The molecular formula is C23H48NO+. The van der Waals surface area contributed by atoms with E-state index in [-0.39, 0.29) is 0 Å². The van der Waals surface area contributed by atoms with Crippen molar-refractivity contribution < 1.29 is 9.22 Å². The maximum absolute atomic E-state index is 6.49. The number of rotatable bonds is 13. The van der Waals surface area contributed by atoms with Gasteiger partial charge in [0.2, 0.25) is 0 Å². The van der Waals surface area contributed by atoms with Crippen LogP contribution in [0.1, 0.15) is 98.3 Å². The van der Waals surface area contributed by atoms with Gasteiger partial charge in [-0.3, -0.25) is 0 Å². The normalized spacial score (nSPS) is 24.8. The summed E-state index contributed by atoms with van der Waals surface area (Å²) >= 11 is 0. The van der Waals surface area contributed by atoms with E-state index in [0.29, 0.717) is 6.10 Å². The van der Waals surface area contributed by atoms with E-state index in [1.807, 2.05) is 0 Å². The van der Waals surface area contributed by atoms with Crippen LogP contribution in [0.5, 0.6) is 0 Å². The minimum Gasteiger partial charge on any atom is -0.328 e. The summed E-state index contributed by atoms with van der Waals surface area (Å²) in [6.45, 7) is 11.6. The molecule has 150 valence electrons. The summed E-state index contributed by atoms with van der Waals surface area (Å²) in [7, 11) is 4.69. The molecule has 1 saturated carbocycles. The van der Waals surface area contributed by atoms with Gasteiger partial charge in [0.25, 0.3) is 0 Å². The molecule has 0 amide bonds. The predicted octanol–water partition coefficient (Wildman–Crippen LogP) is 6.64. The molecule has 0 aliphatic heterocycles. The fourth-order valence-corrected chi connectivity index (χ4v) is 4.34. The quantitative estimate of drug-likeness (QED) is 0.205. The molecule has 0 spiro atoms. The van der Waals surface area contributed by atoms with Gasteiger partial charge in [0.1, 0.15) is 0 Å².